The Bertz CT molecular complexity index is 539. The monoisotopic (exact) mass is 289 g/mol. The maximum atomic E-state index is 5.98. The van der Waals surface area contributed by atoms with Gasteiger partial charge >= 0.3 is 0 Å². The number of hydrogen-bond acceptors (Lipinski definition) is 5. The van der Waals surface area contributed by atoms with Crippen LogP contribution in [-0.4, -0.2) is 22.8 Å². The van der Waals surface area contributed by atoms with Gasteiger partial charge in [0.05, 0.1) is 5.92 Å². The molecule has 1 aromatic carbocycles. The SMILES string of the molecule is CCOC(c1ccccc1)c1noc(C(CC)C(C)N)n1. The lowest BCUT2D eigenvalue weighted by Gasteiger charge is -2.14. The average molecular weight is 289 g/mol. The lowest BCUT2D eigenvalue weighted by atomic mass is 9.99. The quantitative estimate of drug-likeness (QED) is 0.848. The first-order valence-corrected chi connectivity index (χ1v) is 7.43. The van der Waals surface area contributed by atoms with Crippen molar-refractivity contribution in [1.29, 1.82) is 0 Å². The van der Waals surface area contributed by atoms with Crippen LogP contribution in [-0.2, 0) is 4.74 Å². The minimum atomic E-state index is -0.306. The van der Waals surface area contributed by atoms with Crippen LogP contribution in [0.3, 0.4) is 0 Å². The van der Waals surface area contributed by atoms with Crippen LogP contribution < -0.4 is 5.73 Å². The van der Waals surface area contributed by atoms with E-state index in [2.05, 4.69) is 17.1 Å². The maximum absolute atomic E-state index is 5.98. The molecule has 0 radical (unpaired) electrons. The number of nitrogens with zero attached hydrogens (tertiary/aromatic N) is 2. The van der Waals surface area contributed by atoms with E-state index in [0.29, 0.717) is 18.3 Å². The highest BCUT2D eigenvalue weighted by Crippen LogP contribution is 2.27. The van der Waals surface area contributed by atoms with Crippen molar-refractivity contribution in [2.45, 2.75) is 45.3 Å². The molecule has 5 heteroatoms. The van der Waals surface area contributed by atoms with Gasteiger partial charge in [-0.15, -0.1) is 0 Å². The van der Waals surface area contributed by atoms with Gasteiger partial charge in [-0.25, -0.2) is 0 Å². The van der Waals surface area contributed by atoms with E-state index < -0.39 is 0 Å². The molecule has 0 saturated carbocycles. The predicted molar refractivity (Wildman–Crippen MR) is 80.9 cm³/mol. The van der Waals surface area contributed by atoms with E-state index in [0.717, 1.165) is 12.0 Å². The normalized spacial score (nSPS) is 15.6. The topological polar surface area (TPSA) is 74.2 Å². The van der Waals surface area contributed by atoms with Crippen molar-refractivity contribution in [2.75, 3.05) is 6.61 Å². The Kier molecular flexibility index (Phi) is 5.47. The molecule has 0 aliphatic heterocycles. The third-order valence-corrected chi connectivity index (χ3v) is 3.52. The van der Waals surface area contributed by atoms with E-state index in [9.17, 15) is 0 Å². The van der Waals surface area contributed by atoms with Gasteiger partial charge in [0, 0.05) is 12.6 Å². The molecule has 0 aliphatic carbocycles. The van der Waals surface area contributed by atoms with Crippen molar-refractivity contribution >= 4 is 0 Å². The summed E-state index contributed by atoms with van der Waals surface area (Å²) in [5, 5.41) is 4.10. The standard InChI is InChI=1S/C16H23N3O2/c1-4-13(11(3)17)16-18-15(19-21-16)14(20-5-2)12-9-7-6-8-10-12/h6-11,13-14H,4-5,17H2,1-3H3. The van der Waals surface area contributed by atoms with Gasteiger partial charge in [0.25, 0.3) is 0 Å². The second kappa shape index (κ2) is 7.33. The summed E-state index contributed by atoms with van der Waals surface area (Å²) < 4.78 is 11.2. The van der Waals surface area contributed by atoms with Crippen LogP contribution in [0, 0.1) is 0 Å². The molecule has 0 aliphatic rings. The number of benzene rings is 1. The third-order valence-electron chi connectivity index (χ3n) is 3.52. The highest BCUT2D eigenvalue weighted by atomic mass is 16.5. The summed E-state index contributed by atoms with van der Waals surface area (Å²) in [7, 11) is 0. The van der Waals surface area contributed by atoms with Gasteiger partial charge in [0.15, 0.2) is 0 Å². The summed E-state index contributed by atoms with van der Waals surface area (Å²) in [4.78, 5) is 4.52. The highest BCUT2D eigenvalue weighted by molar-refractivity contribution is 5.22. The molecule has 3 unspecified atom stereocenters. The minimum Gasteiger partial charge on any atom is -0.366 e. The summed E-state index contributed by atoms with van der Waals surface area (Å²) >= 11 is 0. The van der Waals surface area contributed by atoms with E-state index in [4.69, 9.17) is 15.0 Å². The average Bonchev–Trinajstić information content (AvgIpc) is 2.95. The number of ether oxygens (including phenoxy) is 1. The first-order chi connectivity index (χ1) is 10.2. The molecule has 2 N–H and O–H groups in total. The fraction of sp³-hybridized carbons (Fsp3) is 0.500. The molecule has 0 fully saturated rings. The lowest BCUT2D eigenvalue weighted by Crippen LogP contribution is -2.24. The molecular weight excluding hydrogens is 266 g/mol. The molecule has 0 bridgehead atoms. The van der Waals surface area contributed by atoms with E-state index in [1.807, 2.05) is 44.2 Å². The van der Waals surface area contributed by atoms with Crippen molar-refractivity contribution in [3.63, 3.8) is 0 Å². The number of nitrogens with two attached hydrogens (primary N) is 1. The smallest absolute Gasteiger partial charge is 0.231 e. The lowest BCUT2D eigenvalue weighted by molar-refractivity contribution is 0.0833. The Morgan fingerprint density at radius 2 is 1.95 bits per heavy atom. The maximum Gasteiger partial charge on any atom is 0.231 e. The Labute approximate surface area is 125 Å². The number of aromatic nitrogens is 2. The Morgan fingerprint density at radius 3 is 2.52 bits per heavy atom. The molecule has 0 amide bonds. The molecule has 1 heterocycles. The summed E-state index contributed by atoms with van der Waals surface area (Å²) in [6.07, 6.45) is 0.559. The number of hydrogen-bond donors (Lipinski definition) is 1. The molecule has 3 atom stereocenters. The minimum absolute atomic E-state index is 0.0226. The molecule has 21 heavy (non-hydrogen) atoms. The van der Waals surface area contributed by atoms with E-state index in [1.54, 1.807) is 0 Å². The van der Waals surface area contributed by atoms with Crippen LogP contribution in [0.25, 0.3) is 0 Å². The zero-order valence-corrected chi connectivity index (χ0v) is 12.8. The fourth-order valence-electron chi connectivity index (χ4n) is 2.39. The second-order valence-electron chi connectivity index (χ2n) is 5.11. The molecule has 1 aromatic heterocycles. The molecule has 0 saturated heterocycles. The molecule has 5 nitrogen and oxygen atoms in total. The first-order valence-electron chi connectivity index (χ1n) is 7.43. The second-order valence-corrected chi connectivity index (χ2v) is 5.11. The van der Waals surface area contributed by atoms with Crippen LogP contribution in [0.15, 0.2) is 34.9 Å². The van der Waals surface area contributed by atoms with Crippen molar-refractivity contribution < 1.29 is 9.26 Å². The van der Waals surface area contributed by atoms with Crippen molar-refractivity contribution in [3.8, 4) is 0 Å². The van der Waals surface area contributed by atoms with E-state index in [-0.39, 0.29) is 18.1 Å². The van der Waals surface area contributed by atoms with E-state index in [1.165, 1.54) is 0 Å². The predicted octanol–water partition coefficient (Wildman–Crippen LogP) is 3.04. The van der Waals surface area contributed by atoms with Gasteiger partial charge < -0.3 is 15.0 Å². The Hall–Kier alpha value is -1.72. The van der Waals surface area contributed by atoms with Gasteiger partial charge in [-0.1, -0.05) is 42.4 Å². The van der Waals surface area contributed by atoms with Gasteiger partial charge in [-0.05, 0) is 25.8 Å². The molecule has 2 aromatic rings. The molecule has 0 spiro atoms. The van der Waals surface area contributed by atoms with Crippen LogP contribution >= 0.6 is 0 Å². The van der Waals surface area contributed by atoms with Crippen molar-refractivity contribution in [1.82, 2.24) is 10.1 Å². The van der Waals surface area contributed by atoms with E-state index >= 15 is 0 Å². The van der Waals surface area contributed by atoms with Crippen molar-refractivity contribution in [2.24, 2.45) is 5.73 Å². The zero-order valence-electron chi connectivity index (χ0n) is 12.8. The number of rotatable bonds is 7. The third kappa shape index (κ3) is 3.68. The van der Waals surface area contributed by atoms with Crippen LogP contribution in [0.4, 0.5) is 0 Å². The van der Waals surface area contributed by atoms with Gasteiger partial charge in [0.2, 0.25) is 11.7 Å². The molecular formula is C16H23N3O2. The van der Waals surface area contributed by atoms with Gasteiger partial charge in [-0.3, -0.25) is 0 Å². The van der Waals surface area contributed by atoms with Gasteiger partial charge in [-0.2, -0.15) is 4.98 Å². The first kappa shape index (κ1) is 15.7. The van der Waals surface area contributed by atoms with Crippen molar-refractivity contribution in [3.05, 3.63) is 47.6 Å². The Morgan fingerprint density at radius 1 is 1.24 bits per heavy atom. The summed E-state index contributed by atoms with van der Waals surface area (Å²) in [6.45, 7) is 6.55. The summed E-state index contributed by atoms with van der Waals surface area (Å²) in [5.74, 6) is 1.21. The molecule has 2 rings (SSSR count). The zero-order chi connectivity index (χ0) is 15.2. The van der Waals surface area contributed by atoms with Crippen LogP contribution in [0.5, 0.6) is 0 Å². The van der Waals surface area contributed by atoms with Crippen LogP contribution in [0.1, 0.15) is 56.5 Å². The summed E-state index contributed by atoms with van der Waals surface area (Å²) in [5.41, 5.74) is 6.99. The highest BCUT2D eigenvalue weighted by Gasteiger charge is 2.25. The Balaban J connectivity index is 2.28. The molecule has 114 valence electrons. The summed E-state index contributed by atoms with van der Waals surface area (Å²) in [6, 6.07) is 9.89. The van der Waals surface area contributed by atoms with Gasteiger partial charge in [0.1, 0.15) is 6.10 Å². The fourth-order valence-corrected chi connectivity index (χ4v) is 2.39. The van der Waals surface area contributed by atoms with Crippen LogP contribution in [0.2, 0.25) is 0 Å². The largest absolute Gasteiger partial charge is 0.366 e.